The number of hydrogen-bond donors (Lipinski definition) is 1. The summed E-state index contributed by atoms with van der Waals surface area (Å²) in [5.41, 5.74) is 1.33. The van der Waals surface area contributed by atoms with E-state index in [4.69, 9.17) is 0 Å². The minimum atomic E-state index is 1.04. The molecule has 1 rings (SSSR count). The molecule has 0 saturated carbocycles. The Balaban J connectivity index is 2.32. The molecule has 0 spiro atoms. The van der Waals surface area contributed by atoms with Crippen molar-refractivity contribution in [1.82, 2.24) is 5.32 Å². The SMILES string of the molecule is BrCCC1=CCC=CN1. The highest BCUT2D eigenvalue weighted by atomic mass is 79.9. The first-order valence-electron chi connectivity index (χ1n) is 3.10. The van der Waals surface area contributed by atoms with E-state index in [2.05, 4.69) is 33.4 Å². The molecule has 9 heavy (non-hydrogen) atoms. The second kappa shape index (κ2) is 3.72. The lowest BCUT2D eigenvalue weighted by Gasteiger charge is -2.07. The third-order valence-electron chi connectivity index (χ3n) is 1.25. The van der Waals surface area contributed by atoms with Crippen molar-refractivity contribution >= 4 is 15.9 Å². The molecule has 1 nitrogen and oxygen atoms in total. The van der Waals surface area contributed by atoms with Gasteiger partial charge in [0, 0.05) is 11.0 Å². The second-order valence-corrected chi connectivity index (χ2v) is 2.74. The molecule has 0 saturated heterocycles. The second-order valence-electron chi connectivity index (χ2n) is 1.95. The fourth-order valence-corrected chi connectivity index (χ4v) is 1.21. The van der Waals surface area contributed by atoms with Gasteiger partial charge in [0.05, 0.1) is 0 Å². The zero-order valence-electron chi connectivity index (χ0n) is 5.23. The Kier molecular flexibility index (Phi) is 2.84. The third-order valence-corrected chi connectivity index (χ3v) is 1.65. The maximum absolute atomic E-state index is 3.38. The van der Waals surface area contributed by atoms with Crippen LogP contribution in [-0.4, -0.2) is 5.33 Å². The Morgan fingerprint density at radius 3 is 3.11 bits per heavy atom. The van der Waals surface area contributed by atoms with Gasteiger partial charge in [0.2, 0.25) is 0 Å². The van der Waals surface area contributed by atoms with Gasteiger partial charge in [-0.2, -0.15) is 0 Å². The molecule has 0 aromatic heterocycles. The highest BCUT2D eigenvalue weighted by Gasteiger charge is 1.94. The van der Waals surface area contributed by atoms with Crippen molar-refractivity contribution in [2.75, 3.05) is 5.33 Å². The number of halogens is 1. The molecule has 0 aromatic rings. The maximum atomic E-state index is 3.38. The lowest BCUT2D eigenvalue weighted by molar-refractivity contribution is 0.918. The van der Waals surface area contributed by atoms with Crippen LogP contribution < -0.4 is 5.32 Å². The molecular weight excluding hydrogens is 178 g/mol. The minimum Gasteiger partial charge on any atom is -0.366 e. The van der Waals surface area contributed by atoms with Gasteiger partial charge in [0.15, 0.2) is 0 Å². The number of rotatable bonds is 2. The smallest absolute Gasteiger partial charge is 0.0117 e. The number of hydrogen-bond acceptors (Lipinski definition) is 1. The van der Waals surface area contributed by atoms with Gasteiger partial charge in [-0.3, -0.25) is 0 Å². The van der Waals surface area contributed by atoms with Gasteiger partial charge >= 0.3 is 0 Å². The molecule has 0 aliphatic carbocycles. The monoisotopic (exact) mass is 187 g/mol. The van der Waals surface area contributed by atoms with Gasteiger partial charge in [-0.05, 0) is 19.0 Å². The molecule has 0 aromatic carbocycles. The summed E-state index contributed by atoms with van der Waals surface area (Å²) in [7, 11) is 0. The Labute approximate surface area is 64.0 Å². The summed E-state index contributed by atoms with van der Waals surface area (Å²) < 4.78 is 0. The molecule has 1 aliphatic rings. The highest BCUT2D eigenvalue weighted by Crippen LogP contribution is 2.05. The number of nitrogens with one attached hydrogen (secondary N) is 1. The van der Waals surface area contributed by atoms with E-state index in [1.165, 1.54) is 5.70 Å². The van der Waals surface area contributed by atoms with E-state index >= 15 is 0 Å². The van der Waals surface area contributed by atoms with Crippen LogP contribution in [0, 0.1) is 0 Å². The Morgan fingerprint density at radius 2 is 2.56 bits per heavy atom. The van der Waals surface area contributed by atoms with E-state index in [-0.39, 0.29) is 0 Å². The molecule has 0 atom stereocenters. The predicted molar refractivity (Wildman–Crippen MR) is 43.4 cm³/mol. The van der Waals surface area contributed by atoms with Crippen LogP contribution in [0.2, 0.25) is 0 Å². The van der Waals surface area contributed by atoms with Crippen molar-refractivity contribution in [2.45, 2.75) is 12.8 Å². The van der Waals surface area contributed by atoms with Crippen LogP contribution in [0.4, 0.5) is 0 Å². The summed E-state index contributed by atoms with van der Waals surface area (Å²) >= 11 is 3.38. The van der Waals surface area contributed by atoms with Crippen LogP contribution in [-0.2, 0) is 0 Å². The van der Waals surface area contributed by atoms with Crippen LogP contribution in [0.1, 0.15) is 12.8 Å². The predicted octanol–water partition coefficient (Wildman–Crippen LogP) is 2.16. The zero-order chi connectivity index (χ0) is 6.53. The maximum Gasteiger partial charge on any atom is 0.0117 e. The first kappa shape index (κ1) is 6.87. The molecule has 1 heterocycles. The van der Waals surface area contributed by atoms with Crippen molar-refractivity contribution in [3.63, 3.8) is 0 Å². The summed E-state index contributed by atoms with van der Waals surface area (Å²) in [6, 6.07) is 0. The number of allylic oxidation sites excluding steroid dienone is 3. The topological polar surface area (TPSA) is 12.0 Å². The average Bonchev–Trinajstić information content (AvgIpc) is 1.91. The molecule has 50 valence electrons. The van der Waals surface area contributed by atoms with Crippen LogP contribution in [0.25, 0.3) is 0 Å². The van der Waals surface area contributed by atoms with E-state index < -0.39 is 0 Å². The fraction of sp³-hybridized carbons (Fsp3) is 0.429. The largest absolute Gasteiger partial charge is 0.366 e. The van der Waals surface area contributed by atoms with E-state index in [0.717, 1.165) is 18.2 Å². The summed E-state index contributed by atoms with van der Waals surface area (Å²) in [5, 5.41) is 4.21. The van der Waals surface area contributed by atoms with Crippen molar-refractivity contribution in [2.24, 2.45) is 0 Å². The summed E-state index contributed by atoms with van der Waals surface area (Å²) in [4.78, 5) is 0. The summed E-state index contributed by atoms with van der Waals surface area (Å²) in [6.07, 6.45) is 8.50. The van der Waals surface area contributed by atoms with Gasteiger partial charge in [0.25, 0.3) is 0 Å². The minimum absolute atomic E-state index is 1.04. The van der Waals surface area contributed by atoms with Crippen LogP contribution in [0.3, 0.4) is 0 Å². The molecule has 0 radical (unpaired) electrons. The van der Waals surface area contributed by atoms with E-state index in [1.807, 2.05) is 6.20 Å². The fourth-order valence-electron chi connectivity index (χ4n) is 0.779. The van der Waals surface area contributed by atoms with Crippen molar-refractivity contribution in [3.05, 3.63) is 24.0 Å². The summed E-state index contributed by atoms with van der Waals surface area (Å²) in [5.74, 6) is 0. The van der Waals surface area contributed by atoms with Crippen LogP contribution >= 0.6 is 15.9 Å². The molecular formula is C7H10BrN. The van der Waals surface area contributed by atoms with Crippen molar-refractivity contribution in [1.29, 1.82) is 0 Å². The van der Waals surface area contributed by atoms with Crippen molar-refractivity contribution < 1.29 is 0 Å². The zero-order valence-corrected chi connectivity index (χ0v) is 6.82. The lowest BCUT2D eigenvalue weighted by atomic mass is 10.2. The van der Waals surface area contributed by atoms with Gasteiger partial charge < -0.3 is 5.32 Å². The highest BCUT2D eigenvalue weighted by molar-refractivity contribution is 9.09. The normalized spacial score (nSPS) is 16.8. The quantitative estimate of drug-likeness (QED) is 0.654. The molecule has 0 fully saturated rings. The molecule has 2 heteroatoms. The van der Waals surface area contributed by atoms with E-state index in [9.17, 15) is 0 Å². The molecule has 1 aliphatic heterocycles. The molecule has 0 amide bonds. The Hall–Kier alpha value is -0.240. The van der Waals surface area contributed by atoms with E-state index in [1.54, 1.807) is 0 Å². The van der Waals surface area contributed by atoms with Crippen LogP contribution in [0.5, 0.6) is 0 Å². The summed E-state index contributed by atoms with van der Waals surface area (Å²) in [6.45, 7) is 0. The first-order chi connectivity index (χ1) is 4.43. The molecule has 1 N–H and O–H groups in total. The van der Waals surface area contributed by atoms with Gasteiger partial charge in [0.1, 0.15) is 0 Å². The number of dihydropyridines is 1. The lowest BCUT2D eigenvalue weighted by Crippen LogP contribution is -2.07. The average molecular weight is 188 g/mol. The number of alkyl halides is 1. The standard InChI is InChI=1S/C7H10BrN/c8-5-4-7-3-1-2-6-9-7/h2-3,6,9H,1,4-5H2. The molecule has 0 unspecified atom stereocenters. The van der Waals surface area contributed by atoms with Crippen LogP contribution in [0.15, 0.2) is 24.0 Å². The third kappa shape index (κ3) is 2.22. The Morgan fingerprint density at radius 1 is 1.67 bits per heavy atom. The van der Waals surface area contributed by atoms with E-state index in [0.29, 0.717) is 0 Å². The molecule has 0 bridgehead atoms. The van der Waals surface area contributed by atoms with Gasteiger partial charge in [-0.1, -0.05) is 28.1 Å². The van der Waals surface area contributed by atoms with Crippen molar-refractivity contribution in [3.8, 4) is 0 Å². The van der Waals surface area contributed by atoms with Gasteiger partial charge in [-0.25, -0.2) is 0 Å². The first-order valence-corrected chi connectivity index (χ1v) is 4.22. The van der Waals surface area contributed by atoms with Gasteiger partial charge in [-0.15, -0.1) is 0 Å². The Bertz CT molecular complexity index is 138.